The number of fused-ring (bicyclic) bond motifs is 3. The number of nitrogens with zero attached hydrogens (tertiary/aromatic N) is 3. The van der Waals surface area contributed by atoms with Crippen molar-refractivity contribution in [2.24, 2.45) is 0 Å². The number of aromatic nitrogens is 3. The first-order valence-electron chi connectivity index (χ1n) is 7.11. The molecule has 3 aromatic heterocycles. The zero-order chi connectivity index (χ0) is 17.8. The topological polar surface area (TPSA) is 90.9 Å². The monoisotopic (exact) mass is 392 g/mol. The quantitative estimate of drug-likeness (QED) is 0.561. The van der Waals surface area contributed by atoms with Crippen LogP contribution in [0, 0.1) is 0 Å². The highest BCUT2D eigenvalue weighted by atomic mass is 35.5. The molecule has 0 atom stereocenters. The van der Waals surface area contributed by atoms with E-state index >= 15 is 0 Å². The van der Waals surface area contributed by atoms with Crippen molar-refractivity contribution < 1.29 is 8.42 Å². The first kappa shape index (κ1) is 16.1. The molecule has 0 saturated heterocycles. The van der Waals surface area contributed by atoms with E-state index in [1.54, 1.807) is 24.3 Å². The number of halogens is 2. The Hall–Kier alpha value is -2.35. The Bertz CT molecular complexity index is 1240. The highest BCUT2D eigenvalue weighted by molar-refractivity contribution is 7.90. The fraction of sp³-hybridized carbons (Fsp3) is 0. The molecule has 3 heterocycles. The average Bonchev–Trinajstić information content (AvgIpc) is 2.93. The van der Waals surface area contributed by atoms with E-state index < -0.39 is 10.0 Å². The lowest BCUT2D eigenvalue weighted by atomic mass is 10.2. The molecule has 0 amide bonds. The van der Waals surface area contributed by atoms with Gasteiger partial charge in [0.25, 0.3) is 10.0 Å². The minimum absolute atomic E-state index is 0.102. The van der Waals surface area contributed by atoms with Gasteiger partial charge in [-0.2, -0.15) is 0 Å². The summed E-state index contributed by atoms with van der Waals surface area (Å²) in [5, 5.41) is 1.45. The fourth-order valence-electron chi connectivity index (χ4n) is 2.74. The van der Waals surface area contributed by atoms with Crippen LogP contribution in [0.2, 0.25) is 10.0 Å². The maximum atomic E-state index is 13.2. The Labute approximate surface area is 152 Å². The molecule has 0 unspecified atom stereocenters. The van der Waals surface area contributed by atoms with Crippen molar-refractivity contribution in [3.05, 3.63) is 58.8 Å². The fourth-order valence-corrected chi connectivity index (χ4v) is 4.62. The summed E-state index contributed by atoms with van der Waals surface area (Å²) in [6, 6.07) is 9.66. The molecule has 0 saturated carbocycles. The van der Waals surface area contributed by atoms with E-state index in [1.165, 1.54) is 24.5 Å². The van der Waals surface area contributed by atoms with Crippen LogP contribution < -0.4 is 5.73 Å². The van der Waals surface area contributed by atoms with Crippen LogP contribution in [0.5, 0.6) is 0 Å². The third-order valence-electron chi connectivity index (χ3n) is 3.82. The van der Waals surface area contributed by atoms with Crippen molar-refractivity contribution in [2.45, 2.75) is 4.90 Å². The Morgan fingerprint density at radius 3 is 2.48 bits per heavy atom. The zero-order valence-electron chi connectivity index (χ0n) is 12.5. The van der Waals surface area contributed by atoms with Crippen molar-refractivity contribution in [3.63, 3.8) is 0 Å². The number of anilines is 1. The van der Waals surface area contributed by atoms with E-state index in [4.69, 9.17) is 28.9 Å². The summed E-state index contributed by atoms with van der Waals surface area (Å²) >= 11 is 12.3. The zero-order valence-corrected chi connectivity index (χ0v) is 14.8. The van der Waals surface area contributed by atoms with Crippen LogP contribution >= 0.6 is 23.2 Å². The van der Waals surface area contributed by atoms with Crippen LogP contribution in [0.25, 0.3) is 21.9 Å². The lowest BCUT2D eigenvalue weighted by Crippen LogP contribution is -2.13. The summed E-state index contributed by atoms with van der Waals surface area (Å²) in [7, 11) is -3.92. The maximum Gasteiger partial charge on any atom is 0.269 e. The largest absolute Gasteiger partial charge is 0.382 e. The van der Waals surface area contributed by atoms with Crippen molar-refractivity contribution in [1.82, 2.24) is 13.9 Å². The second-order valence-corrected chi connectivity index (χ2v) is 7.93. The standard InChI is InChI=1S/C16H10Cl2N4O2S/c17-9-6-11-13-12(8-20-15(19)14(13)18)22(16(11)21-7-9)25(23,24)10-4-2-1-3-5-10/h1-8H,(H2,19,20). The van der Waals surface area contributed by atoms with E-state index in [9.17, 15) is 8.42 Å². The van der Waals surface area contributed by atoms with Gasteiger partial charge in [-0.3, -0.25) is 0 Å². The Morgan fingerprint density at radius 2 is 1.76 bits per heavy atom. The van der Waals surface area contributed by atoms with Gasteiger partial charge in [-0.25, -0.2) is 22.4 Å². The number of nitrogen functional groups attached to an aromatic ring is 1. The van der Waals surface area contributed by atoms with Gasteiger partial charge in [-0.1, -0.05) is 41.4 Å². The van der Waals surface area contributed by atoms with Crippen molar-refractivity contribution in [3.8, 4) is 0 Å². The molecule has 0 bridgehead atoms. The van der Waals surface area contributed by atoms with Gasteiger partial charge in [0.1, 0.15) is 5.82 Å². The van der Waals surface area contributed by atoms with Gasteiger partial charge < -0.3 is 5.73 Å². The summed E-state index contributed by atoms with van der Waals surface area (Å²) < 4.78 is 27.5. The molecule has 1 aromatic carbocycles. The van der Waals surface area contributed by atoms with E-state index in [0.717, 1.165) is 3.97 Å². The Kier molecular flexibility index (Phi) is 3.61. The van der Waals surface area contributed by atoms with Gasteiger partial charge in [0.2, 0.25) is 0 Å². The molecule has 0 aliphatic rings. The molecule has 0 spiro atoms. The number of nitrogens with two attached hydrogens (primary N) is 1. The Balaban J connectivity index is 2.23. The van der Waals surface area contributed by atoms with Crippen LogP contribution in [0.3, 0.4) is 0 Å². The average molecular weight is 393 g/mol. The van der Waals surface area contributed by atoms with E-state index in [1.807, 2.05) is 0 Å². The van der Waals surface area contributed by atoms with Gasteiger partial charge >= 0.3 is 0 Å². The molecule has 0 aliphatic heterocycles. The number of pyridine rings is 2. The van der Waals surface area contributed by atoms with Gasteiger partial charge in [0.15, 0.2) is 5.65 Å². The summed E-state index contributed by atoms with van der Waals surface area (Å²) in [4.78, 5) is 8.32. The first-order valence-corrected chi connectivity index (χ1v) is 9.31. The molecule has 126 valence electrons. The predicted molar refractivity (Wildman–Crippen MR) is 98.5 cm³/mol. The molecule has 25 heavy (non-hydrogen) atoms. The van der Waals surface area contributed by atoms with Crippen LogP contribution in [0.1, 0.15) is 0 Å². The van der Waals surface area contributed by atoms with Crippen molar-refractivity contribution in [2.75, 3.05) is 5.73 Å². The third-order valence-corrected chi connectivity index (χ3v) is 6.13. The minimum Gasteiger partial charge on any atom is -0.382 e. The van der Waals surface area contributed by atoms with Crippen molar-refractivity contribution >= 4 is 61.0 Å². The number of hydrogen-bond donors (Lipinski definition) is 1. The summed E-state index contributed by atoms with van der Waals surface area (Å²) in [6.45, 7) is 0. The summed E-state index contributed by atoms with van der Waals surface area (Å²) in [5.74, 6) is 0.102. The van der Waals surface area contributed by atoms with Crippen LogP contribution in [-0.2, 0) is 10.0 Å². The second kappa shape index (κ2) is 5.59. The van der Waals surface area contributed by atoms with Gasteiger partial charge in [-0.05, 0) is 18.2 Å². The smallest absolute Gasteiger partial charge is 0.269 e. The molecule has 4 rings (SSSR count). The second-order valence-electron chi connectivity index (χ2n) is 5.32. The minimum atomic E-state index is -3.92. The lowest BCUT2D eigenvalue weighted by Gasteiger charge is -2.08. The van der Waals surface area contributed by atoms with Crippen LogP contribution in [-0.4, -0.2) is 22.4 Å². The van der Waals surface area contributed by atoms with Gasteiger partial charge in [0.05, 0.1) is 26.7 Å². The molecule has 0 radical (unpaired) electrons. The SMILES string of the molecule is Nc1ncc2c(c1Cl)c1cc(Cl)cnc1n2S(=O)(=O)c1ccccc1. The number of hydrogen-bond acceptors (Lipinski definition) is 5. The number of rotatable bonds is 2. The first-order chi connectivity index (χ1) is 11.9. The molecule has 9 heteroatoms. The third kappa shape index (κ3) is 2.35. The van der Waals surface area contributed by atoms with Crippen molar-refractivity contribution in [1.29, 1.82) is 0 Å². The van der Waals surface area contributed by atoms with Crippen LogP contribution in [0.15, 0.2) is 53.7 Å². The van der Waals surface area contributed by atoms with E-state index in [0.29, 0.717) is 15.8 Å². The number of benzene rings is 1. The summed E-state index contributed by atoms with van der Waals surface area (Å²) in [6.07, 6.45) is 2.75. The molecule has 6 nitrogen and oxygen atoms in total. The molecular formula is C16H10Cl2N4O2S. The molecule has 0 fully saturated rings. The van der Waals surface area contributed by atoms with E-state index in [2.05, 4.69) is 9.97 Å². The Morgan fingerprint density at radius 1 is 1.04 bits per heavy atom. The molecule has 4 aromatic rings. The van der Waals surface area contributed by atoms with Gasteiger partial charge in [-0.15, -0.1) is 0 Å². The predicted octanol–water partition coefficient (Wildman–Crippen LogP) is 3.71. The molecule has 0 aliphatic carbocycles. The van der Waals surface area contributed by atoms with E-state index in [-0.39, 0.29) is 26.9 Å². The maximum absolute atomic E-state index is 13.2. The normalized spacial score (nSPS) is 12.1. The molecular weight excluding hydrogens is 383 g/mol. The lowest BCUT2D eigenvalue weighted by molar-refractivity contribution is 0.590. The molecule has 2 N–H and O–H groups in total. The summed E-state index contributed by atoms with van der Waals surface area (Å²) in [5.41, 5.74) is 6.28. The highest BCUT2D eigenvalue weighted by Crippen LogP contribution is 2.38. The highest BCUT2D eigenvalue weighted by Gasteiger charge is 2.26. The van der Waals surface area contributed by atoms with Crippen LogP contribution in [0.4, 0.5) is 5.82 Å². The van der Waals surface area contributed by atoms with Gasteiger partial charge in [0, 0.05) is 17.0 Å².